The number of carbonyl (C=O) groups is 1. The van der Waals surface area contributed by atoms with Gasteiger partial charge in [-0.3, -0.25) is 4.79 Å². The van der Waals surface area contributed by atoms with Crippen molar-refractivity contribution < 1.29 is 9.53 Å². The van der Waals surface area contributed by atoms with E-state index in [-0.39, 0.29) is 12.5 Å². The van der Waals surface area contributed by atoms with Gasteiger partial charge in [-0.25, -0.2) is 0 Å². The Morgan fingerprint density at radius 2 is 2.00 bits per heavy atom. The molecular formula is C14H26N2O2. The lowest BCUT2D eigenvalue weighted by atomic mass is 10.0. The molecule has 2 atom stereocenters. The summed E-state index contributed by atoms with van der Waals surface area (Å²) in [5, 5.41) is 3.79. The zero-order chi connectivity index (χ0) is 13.0. The predicted molar refractivity (Wildman–Crippen MR) is 71.4 cm³/mol. The van der Waals surface area contributed by atoms with E-state index in [2.05, 4.69) is 12.2 Å². The third kappa shape index (κ3) is 3.45. The fourth-order valence-corrected chi connectivity index (χ4v) is 3.21. The van der Waals surface area contributed by atoms with E-state index in [4.69, 9.17) is 4.74 Å². The van der Waals surface area contributed by atoms with Gasteiger partial charge in [-0.05, 0) is 31.6 Å². The number of nitrogens with one attached hydrogen (secondary N) is 1. The van der Waals surface area contributed by atoms with Crippen LogP contribution in [-0.4, -0.2) is 49.7 Å². The van der Waals surface area contributed by atoms with Gasteiger partial charge in [0, 0.05) is 32.3 Å². The van der Waals surface area contributed by atoms with Gasteiger partial charge in [-0.15, -0.1) is 0 Å². The van der Waals surface area contributed by atoms with Gasteiger partial charge in [0.05, 0.1) is 0 Å². The topological polar surface area (TPSA) is 41.6 Å². The van der Waals surface area contributed by atoms with Crippen LogP contribution >= 0.6 is 0 Å². The van der Waals surface area contributed by atoms with E-state index in [1.54, 1.807) is 7.11 Å². The molecule has 0 aromatic rings. The molecule has 2 rings (SSSR count). The monoisotopic (exact) mass is 254 g/mol. The van der Waals surface area contributed by atoms with Gasteiger partial charge in [0.2, 0.25) is 5.91 Å². The Bertz CT molecular complexity index is 275. The molecule has 4 nitrogen and oxygen atoms in total. The largest absolute Gasteiger partial charge is 0.375 e. The van der Waals surface area contributed by atoms with E-state index in [0.717, 1.165) is 31.8 Å². The molecule has 1 N–H and O–H groups in total. The molecule has 1 aliphatic heterocycles. The number of hydrogen-bond donors (Lipinski definition) is 1. The number of ether oxygens (including phenoxy) is 1. The van der Waals surface area contributed by atoms with Crippen molar-refractivity contribution in [3.63, 3.8) is 0 Å². The molecule has 1 saturated carbocycles. The second kappa shape index (κ2) is 6.53. The van der Waals surface area contributed by atoms with E-state index in [9.17, 15) is 4.79 Å². The van der Waals surface area contributed by atoms with Gasteiger partial charge in [0.25, 0.3) is 0 Å². The lowest BCUT2D eigenvalue weighted by Gasteiger charge is -2.34. The van der Waals surface area contributed by atoms with Crippen molar-refractivity contribution in [2.24, 2.45) is 5.92 Å². The molecule has 1 aliphatic carbocycles. The van der Waals surface area contributed by atoms with E-state index in [1.165, 1.54) is 19.3 Å². The first kappa shape index (κ1) is 13.8. The summed E-state index contributed by atoms with van der Waals surface area (Å²) in [6.45, 7) is 4.32. The lowest BCUT2D eigenvalue weighted by Crippen LogP contribution is -2.49. The highest BCUT2D eigenvalue weighted by molar-refractivity contribution is 5.77. The third-order valence-electron chi connectivity index (χ3n) is 4.43. The van der Waals surface area contributed by atoms with Crippen LogP contribution in [0.25, 0.3) is 0 Å². The van der Waals surface area contributed by atoms with E-state index in [1.807, 2.05) is 4.90 Å². The van der Waals surface area contributed by atoms with Crippen LogP contribution in [0.3, 0.4) is 0 Å². The van der Waals surface area contributed by atoms with Crippen LogP contribution in [0.5, 0.6) is 0 Å². The fraction of sp³-hybridized carbons (Fsp3) is 0.929. The van der Waals surface area contributed by atoms with Gasteiger partial charge in [0.1, 0.15) is 6.61 Å². The predicted octanol–water partition coefficient (Wildman–Crippen LogP) is 1.40. The molecule has 18 heavy (non-hydrogen) atoms. The van der Waals surface area contributed by atoms with Crippen molar-refractivity contribution in [1.29, 1.82) is 0 Å². The highest BCUT2D eigenvalue weighted by Crippen LogP contribution is 2.26. The Hall–Kier alpha value is -0.610. The van der Waals surface area contributed by atoms with Crippen molar-refractivity contribution >= 4 is 5.91 Å². The maximum absolute atomic E-state index is 11.7. The molecule has 0 radical (unpaired) electrons. The smallest absolute Gasteiger partial charge is 0.248 e. The quantitative estimate of drug-likeness (QED) is 0.824. The molecule has 4 heteroatoms. The first-order chi connectivity index (χ1) is 8.70. The second-order valence-corrected chi connectivity index (χ2v) is 5.77. The summed E-state index contributed by atoms with van der Waals surface area (Å²) in [4.78, 5) is 13.6. The number of piperidine rings is 1. The van der Waals surface area contributed by atoms with Crippen LogP contribution in [0.2, 0.25) is 0 Å². The van der Waals surface area contributed by atoms with Gasteiger partial charge >= 0.3 is 0 Å². The fourth-order valence-electron chi connectivity index (χ4n) is 3.21. The van der Waals surface area contributed by atoms with Crippen LogP contribution in [0, 0.1) is 5.92 Å². The van der Waals surface area contributed by atoms with Crippen LogP contribution in [0.15, 0.2) is 0 Å². The number of amides is 1. The van der Waals surface area contributed by atoms with Crippen molar-refractivity contribution in [3.05, 3.63) is 0 Å². The number of rotatable bonds is 4. The molecule has 0 bridgehead atoms. The molecule has 0 aromatic heterocycles. The molecule has 1 heterocycles. The Labute approximate surface area is 110 Å². The SMILES string of the molecule is COCC(=O)N1CCC(NC2CCCC2C)CC1. The van der Waals surface area contributed by atoms with Crippen molar-refractivity contribution in [2.45, 2.75) is 51.1 Å². The van der Waals surface area contributed by atoms with Crippen molar-refractivity contribution in [2.75, 3.05) is 26.8 Å². The molecule has 104 valence electrons. The van der Waals surface area contributed by atoms with Gasteiger partial charge in [-0.2, -0.15) is 0 Å². The summed E-state index contributed by atoms with van der Waals surface area (Å²) in [6, 6.07) is 1.30. The molecule has 1 amide bonds. The minimum atomic E-state index is 0.130. The highest BCUT2D eigenvalue weighted by Gasteiger charge is 2.28. The summed E-state index contributed by atoms with van der Waals surface area (Å²) < 4.78 is 4.90. The number of hydrogen-bond acceptors (Lipinski definition) is 3. The average Bonchev–Trinajstić information content (AvgIpc) is 2.76. The van der Waals surface area contributed by atoms with Crippen molar-refractivity contribution in [1.82, 2.24) is 10.2 Å². The summed E-state index contributed by atoms with van der Waals surface area (Å²) in [6.07, 6.45) is 6.22. The normalized spacial score (nSPS) is 29.8. The van der Waals surface area contributed by atoms with E-state index < -0.39 is 0 Å². The molecule has 0 aromatic carbocycles. The van der Waals surface area contributed by atoms with E-state index in [0.29, 0.717) is 12.1 Å². The first-order valence-electron chi connectivity index (χ1n) is 7.23. The molecule has 2 unspecified atom stereocenters. The van der Waals surface area contributed by atoms with Gasteiger partial charge in [0.15, 0.2) is 0 Å². The number of methoxy groups -OCH3 is 1. The summed E-state index contributed by atoms with van der Waals surface area (Å²) >= 11 is 0. The second-order valence-electron chi connectivity index (χ2n) is 5.77. The molecule has 2 aliphatic rings. The molecule has 1 saturated heterocycles. The highest BCUT2D eigenvalue weighted by atomic mass is 16.5. The van der Waals surface area contributed by atoms with Gasteiger partial charge < -0.3 is 15.0 Å². The van der Waals surface area contributed by atoms with Crippen molar-refractivity contribution in [3.8, 4) is 0 Å². The lowest BCUT2D eigenvalue weighted by molar-refractivity contribution is -0.136. The van der Waals surface area contributed by atoms with Crippen LogP contribution in [0.1, 0.15) is 39.0 Å². The summed E-state index contributed by atoms with van der Waals surface area (Å²) in [5.74, 6) is 0.948. The average molecular weight is 254 g/mol. The van der Waals surface area contributed by atoms with E-state index >= 15 is 0 Å². The third-order valence-corrected chi connectivity index (χ3v) is 4.43. The maximum Gasteiger partial charge on any atom is 0.248 e. The zero-order valence-electron chi connectivity index (χ0n) is 11.7. The van der Waals surface area contributed by atoms with Crippen LogP contribution in [-0.2, 0) is 9.53 Å². The standard InChI is InChI=1S/C14H26N2O2/c1-11-4-3-5-13(11)15-12-6-8-16(9-7-12)14(17)10-18-2/h11-13,15H,3-10H2,1-2H3. The zero-order valence-corrected chi connectivity index (χ0v) is 11.7. The Balaban J connectivity index is 1.71. The summed E-state index contributed by atoms with van der Waals surface area (Å²) in [5.41, 5.74) is 0. The minimum absolute atomic E-state index is 0.130. The van der Waals surface area contributed by atoms with Crippen LogP contribution < -0.4 is 5.32 Å². The molecular weight excluding hydrogens is 228 g/mol. The Morgan fingerprint density at radius 3 is 2.56 bits per heavy atom. The molecule has 0 spiro atoms. The first-order valence-corrected chi connectivity index (χ1v) is 7.23. The summed E-state index contributed by atoms with van der Waals surface area (Å²) in [7, 11) is 1.58. The maximum atomic E-state index is 11.7. The number of nitrogens with zero attached hydrogens (tertiary/aromatic N) is 1. The van der Waals surface area contributed by atoms with Gasteiger partial charge in [-0.1, -0.05) is 13.3 Å². The Kier molecular flexibility index (Phi) is 5.01. The number of likely N-dealkylation sites (tertiary alicyclic amines) is 1. The Morgan fingerprint density at radius 1 is 1.28 bits per heavy atom. The minimum Gasteiger partial charge on any atom is -0.375 e. The number of carbonyl (C=O) groups excluding carboxylic acids is 1. The molecule has 2 fully saturated rings. The van der Waals surface area contributed by atoms with Crippen LogP contribution in [0.4, 0.5) is 0 Å².